The van der Waals surface area contributed by atoms with Crippen molar-refractivity contribution in [1.29, 1.82) is 0 Å². The van der Waals surface area contributed by atoms with Crippen molar-refractivity contribution in [3.05, 3.63) is 4.88 Å². The second-order valence-electron chi connectivity index (χ2n) is 4.81. The smallest absolute Gasteiger partial charge is 0.261 e. The number of rotatable bonds is 6. The number of amides is 1. The topological polar surface area (TPSA) is 90.4 Å². The van der Waals surface area contributed by atoms with Crippen molar-refractivity contribution in [3.8, 4) is 5.75 Å². The number of ether oxygens (including phenoxy) is 1. The molecule has 102 valence electrons. The average molecular weight is 271 g/mol. The number of nitrogens with two attached hydrogens (primary N) is 2. The highest BCUT2D eigenvalue weighted by molar-refractivity contribution is 7.19. The molecule has 0 saturated carbocycles. The lowest BCUT2D eigenvalue weighted by atomic mass is 10.2. The molecule has 5 nitrogen and oxygen atoms in total. The van der Waals surface area contributed by atoms with E-state index in [1.165, 1.54) is 11.3 Å². The van der Waals surface area contributed by atoms with Crippen LogP contribution in [0.4, 0.5) is 10.7 Å². The summed E-state index contributed by atoms with van der Waals surface area (Å²) in [5.41, 5.74) is 11.5. The van der Waals surface area contributed by atoms with Gasteiger partial charge >= 0.3 is 0 Å². The number of nitrogen functional groups attached to an aromatic ring is 1. The molecular weight excluding hydrogens is 250 g/mol. The van der Waals surface area contributed by atoms with Crippen LogP contribution in [0.15, 0.2) is 0 Å². The summed E-state index contributed by atoms with van der Waals surface area (Å²) in [4.78, 5) is 11.6. The van der Waals surface area contributed by atoms with Gasteiger partial charge in [0.05, 0.1) is 6.10 Å². The molecule has 5 N–H and O–H groups in total. The molecule has 0 aliphatic heterocycles. The van der Waals surface area contributed by atoms with Gasteiger partial charge in [0.25, 0.3) is 5.91 Å². The standard InChI is InChI=1S/C12H21N3O2S/c1-6(2)5-15-12-9(17-7(3)4)8(13)10(18-12)11(14)16/h6-7,15H,5,13H2,1-4H3,(H2,14,16). The fourth-order valence-corrected chi connectivity index (χ4v) is 2.29. The van der Waals surface area contributed by atoms with Crippen molar-refractivity contribution in [1.82, 2.24) is 0 Å². The maximum atomic E-state index is 11.3. The van der Waals surface area contributed by atoms with Crippen LogP contribution in [0.2, 0.25) is 0 Å². The van der Waals surface area contributed by atoms with Crippen LogP contribution in [0.5, 0.6) is 5.75 Å². The maximum Gasteiger partial charge on any atom is 0.261 e. The molecule has 1 aromatic heterocycles. The summed E-state index contributed by atoms with van der Waals surface area (Å²) in [5, 5.41) is 4.01. The first-order valence-electron chi connectivity index (χ1n) is 5.95. The number of carbonyl (C=O) groups excluding carboxylic acids is 1. The molecular formula is C12H21N3O2S. The molecule has 0 saturated heterocycles. The van der Waals surface area contributed by atoms with Crippen LogP contribution in [-0.2, 0) is 0 Å². The molecule has 0 radical (unpaired) electrons. The predicted molar refractivity (Wildman–Crippen MR) is 76.3 cm³/mol. The molecule has 0 atom stereocenters. The summed E-state index contributed by atoms with van der Waals surface area (Å²) >= 11 is 1.24. The van der Waals surface area contributed by atoms with Crippen LogP contribution in [0.3, 0.4) is 0 Å². The molecule has 0 aromatic carbocycles. The molecule has 0 unspecified atom stereocenters. The van der Waals surface area contributed by atoms with Crippen molar-refractivity contribution in [2.75, 3.05) is 17.6 Å². The van der Waals surface area contributed by atoms with Crippen LogP contribution in [0.1, 0.15) is 37.4 Å². The molecule has 0 fully saturated rings. The zero-order valence-electron chi connectivity index (χ0n) is 11.2. The highest BCUT2D eigenvalue weighted by Gasteiger charge is 2.21. The number of hydrogen-bond donors (Lipinski definition) is 3. The monoisotopic (exact) mass is 271 g/mol. The van der Waals surface area contributed by atoms with Gasteiger partial charge in [0.15, 0.2) is 5.75 Å². The second-order valence-corrected chi connectivity index (χ2v) is 5.83. The molecule has 0 aliphatic carbocycles. The fourth-order valence-electron chi connectivity index (χ4n) is 1.38. The van der Waals surface area contributed by atoms with E-state index in [0.29, 0.717) is 22.2 Å². The van der Waals surface area contributed by atoms with E-state index in [9.17, 15) is 4.79 Å². The highest BCUT2D eigenvalue weighted by atomic mass is 32.1. The van der Waals surface area contributed by atoms with E-state index in [0.717, 1.165) is 11.5 Å². The van der Waals surface area contributed by atoms with E-state index in [2.05, 4.69) is 19.2 Å². The lowest BCUT2D eigenvalue weighted by molar-refractivity contribution is 0.100. The third-order valence-corrected chi connectivity index (χ3v) is 3.31. The predicted octanol–water partition coefficient (Wildman–Crippen LogP) is 2.28. The van der Waals surface area contributed by atoms with Crippen molar-refractivity contribution in [2.45, 2.75) is 33.8 Å². The summed E-state index contributed by atoms with van der Waals surface area (Å²) in [6, 6.07) is 0. The molecule has 1 heterocycles. The van der Waals surface area contributed by atoms with Gasteiger partial charge in [-0.1, -0.05) is 13.8 Å². The molecule has 1 aromatic rings. The normalized spacial score (nSPS) is 11.0. The summed E-state index contributed by atoms with van der Waals surface area (Å²) in [5.74, 6) is 0.491. The van der Waals surface area contributed by atoms with Crippen LogP contribution in [0.25, 0.3) is 0 Å². The number of thiophene rings is 1. The minimum Gasteiger partial charge on any atom is -0.486 e. The van der Waals surface area contributed by atoms with E-state index in [-0.39, 0.29) is 6.10 Å². The van der Waals surface area contributed by atoms with Gasteiger partial charge in [-0.15, -0.1) is 11.3 Å². The van der Waals surface area contributed by atoms with Crippen LogP contribution in [0, 0.1) is 5.92 Å². The Morgan fingerprint density at radius 1 is 1.39 bits per heavy atom. The van der Waals surface area contributed by atoms with E-state index < -0.39 is 5.91 Å². The zero-order chi connectivity index (χ0) is 13.9. The minimum atomic E-state index is -0.524. The van der Waals surface area contributed by atoms with Gasteiger partial charge in [0.1, 0.15) is 15.6 Å². The zero-order valence-corrected chi connectivity index (χ0v) is 12.1. The van der Waals surface area contributed by atoms with Gasteiger partial charge in [0.2, 0.25) is 0 Å². The molecule has 18 heavy (non-hydrogen) atoms. The summed E-state index contributed by atoms with van der Waals surface area (Å²) in [6.07, 6.45) is -0.0118. The second kappa shape index (κ2) is 5.95. The number of hydrogen-bond acceptors (Lipinski definition) is 5. The van der Waals surface area contributed by atoms with Gasteiger partial charge < -0.3 is 21.5 Å². The minimum absolute atomic E-state index is 0.0118. The number of carbonyl (C=O) groups is 1. The first kappa shape index (κ1) is 14.6. The Bertz CT molecular complexity index is 427. The Morgan fingerprint density at radius 2 is 2.00 bits per heavy atom. The quantitative estimate of drug-likeness (QED) is 0.740. The Morgan fingerprint density at radius 3 is 2.44 bits per heavy atom. The SMILES string of the molecule is CC(C)CNc1sc(C(N)=O)c(N)c1OC(C)C. The first-order chi connectivity index (χ1) is 8.32. The summed E-state index contributed by atoms with van der Waals surface area (Å²) in [7, 11) is 0. The van der Waals surface area contributed by atoms with E-state index in [1.807, 2.05) is 13.8 Å². The number of primary amides is 1. The molecule has 0 spiro atoms. The van der Waals surface area contributed by atoms with Gasteiger partial charge in [0, 0.05) is 6.54 Å². The Labute approximate surface area is 111 Å². The first-order valence-corrected chi connectivity index (χ1v) is 6.77. The Balaban J connectivity index is 3.05. The van der Waals surface area contributed by atoms with Crippen molar-refractivity contribution < 1.29 is 9.53 Å². The van der Waals surface area contributed by atoms with Crippen molar-refractivity contribution >= 4 is 27.9 Å². The molecule has 6 heteroatoms. The van der Waals surface area contributed by atoms with E-state index in [1.54, 1.807) is 0 Å². The molecule has 1 amide bonds. The lowest BCUT2D eigenvalue weighted by Gasteiger charge is -2.13. The van der Waals surface area contributed by atoms with E-state index in [4.69, 9.17) is 16.2 Å². The highest BCUT2D eigenvalue weighted by Crippen LogP contribution is 2.43. The Hall–Kier alpha value is -1.43. The van der Waals surface area contributed by atoms with Crippen LogP contribution in [-0.4, -0.2) is 18.6 Å². The molecule has 1 rings (SSSR count). The molecule has 0 aliphatic rings. The number of nitrogens with one attached hydrogen (secondary N) is 1. The maximum absolute atomic E-state index is 11.3. The largest absolute Gasteiger partial charge is 0.486 e. The van der Waals surface area contributed by atoms with Gasteiger partial charge in [-0.3, -0.25) is 4.79 Å². The van der Waals surface area contributed by atoms with Crippen LogP contribution >= 0.6 is 11.3 Å². The fraction of sp³-hybridized carbons (Fsp3) is 0.583. The van der Waals surface area contributed by atoms with E-state index >= 15 is 0 Å². The Kier molecular flexibility index (Phi) is 4.84. The average Bonchev–Trinajstić information content (AvgIpc) is 2.53. The van der Waals surface area contributed by atoms with Crippen molar-refractivity contribution in [3.63, 3.8) is 0 Å². The lowest BCUT2D eigenvalue weighted by Crippen LogP contribution is -2.12. The van der Waals surface area contributed by atoms with Gasteiger partial charge in [-0.2, -0.15) is 0 Å². The third kappa shape index (κ3) is 3.53. The van der Waals surface area contributed by atoms with Gasteiger partial charge in [-0.25, -0.2) is 0 Å². The molecule has 0 bridgehead atoms. The summed E-state index contributed by atoms with van der Waals surface area (Å²) < 4.78 is 5.65. The van der Waals surface area contributed by atoms with Crippen LogP contribution < -0.4 is 21.5 Å². The summed E-state index contributed by atoms with van der Waals surface area (Å²) in [6.45, 7) is 8.80. The van der Waals surface area contributed by atoms with Crippen molar-refractivity contribution in [2.24, 2.45) is 11.7 Å². The number of anilines is 2. The van der Waals surface area contributed by atoms with Gasteiger partial charge in [-0.05, 0) is 19.8 Å². The third-order valence-electron chi connectivity index (χ3n) is 2.15.